The maximum atomic E-state index is 13.7. The number of benzene rings is 1. The van der Waals surface area contributed by atoms with Gasteiger partial charge in [-0.15, -0.1) is 12.4 Å². The molecule has 0 bridgehead atoms. The summed E-state index contributed by atoms with van der Waals surface area (Å²) in [6.45, 7) is 1.64. The number of aromatic nitrogens is 4. The summed E-state index contributed by atoms with van der Waals surface area (Å²) in [6, 6.07) is 4.57. The molecule has 2 saturated carbocycles. The molecule has 6 rings (SSSR count). The van der Waals surface area contributed by atoms with Crippen molar-refractivity contribution in [2.24, 2.45) is 18.7 Å². The average Bonchev–Trinajstić information content (AvgIpc) is 3.64. The van der Waals surface area contributed by atoms with Gasteiger partial charge in [0.15, 0.2) is 11.5 Å². The molecule has 248 valence electrons. The number of imidazole rings is 1. The third kappa shape index (κ3) is 6.88. The minimum Gasteiger partial charge on any atom is -0.339 e. The van der Waals surface area contributed by atoms with Gasteiger partial charge in [0.2, 0.25) is 5.91 Å². The first-order valence-corrected chi connectivity index (χ1v) is 15.4. The summed E-state index contributed by atoms with van der Waals surface area (Å²) in [5.74, 6) is -0.944. The Morgan fingerprint density at radius 2 is 1.65 bits per heavy atom. The zero-order valence-corrected chi connectivity index (χ0v) is 26.7. The molecule has 0 unspecified atom stereocenters. The largest absolute Gasteiger partial charge is 0.435 e. The SMILES string of the molecule is Cl.Cn1c(-c2cn(C3CC3)nc2C(F)(F)F)cnc1C(=O)Nc1ccc(C(=O)N2CCN(C(=O)C3CCC(N)CC3)CC2)c(Cl)c1. The van der Waals surface area contributed by atoms with Gasteiger partial charge in [0.1, 0.15) is 0 Å². The summed E-state index contributed by atoms with van der Waals surface area (Å²) < 4.78 is 43.9. The van der Waals surface area contributed by atoms with E-state index in [2.05, 4.69) is 15.4 Å². The van der Waals surface area contributed by atoms with Crippen LogP contribution in [0, 0.1) is 5.92 Å². The summed E-state index contributed by atoms with van der Waals surface area (Å²) in [5.41, 5.74) is 5.42. The Labute approximate surface area is 274 Å². The molecule has 3 aliphatic rings. The molecule has 3 amide bonds. The number of hydrogen-bond acceptors (Lipinski definition) is 6. The number of rotatable bonds is 6. The molecule has 0 atom stereocenters. The van der Waals surface area contributed by atoms with Crippen molar-refractivity contribution in [1.29, 1.82) is 0 Å². The minimum absolute atomic E-state index is 0. The van der Waals surface area contributed by atoms with Crippen LogP contribution in [-0.2, 0) is 18.0 Å². The molecule has 2 aliphatic carbocycles. The molecule has 3 aromatic rings. The van der Waals surface area contributed by atoms with Crippen molar-refractivity contribution in [3.63, 3.8) is 0 Å². The second-order valence-corrected chi connectivity index (χ2v) is 12.4. The maximum absolute atomic E-state index is 13.7. The molecular weight excluding hydrogens is 648 g/mol. The van der Waals surface area contributed by atoms with Crippen molar-refractivity contribution in [2.45, 2.75) is 56.8 Å². The van der Waals surface area contributed by atoms with Crippen molar-refractivity contribution < 1.29 is 27.6 Å². The predicted molar refractivity (Wildman–Crippen MR) is 167 cm³/mol. The fourth-order valence-corrected chi connectivity index (χ4v) is 6.32. The molecule has 3 heterocycles. The van der Waals surface area contributed by atoms with E-state index in [0.29, 0.717) is 26.2 Å². The number of hydrogen-bond donors (Lipinski definition) is 2. The van der Waals surface area contributed by atoms with Gasteiger partial charge in [-0.05, 0) is 56.7 Å². The number of halogens is 5. The van der Waals surface area contributed by atoms with Gasteiger partial charge in [0.05, 0.1) is 34.1 Å². The van der Waals surface area contributed by atoms with E-state index < -0.39 is 17.8 Å². The van der Waals surface area contributed by atoms with Crippen LogP contribution in [-0.4, -0.2) is 79.1 Å². The maximum Gasteiger partial charge on any atom is 0.435 e. The summed E-state index contributed by atoms with van der Waals surface area (Å²) in [6.07, 6.45) is 2.70. The fraction of sp³-hybridized carbons (Fsp3) is 0.500. The zero-order chi connectivity index (χ0) is 32.0. The van der Waals surface area contributed by atoms with Gasteiger partial charge in [-0.2, -0.15) is 18.3 Å². The first-order chi connectivity index (χ1) is 21.4. The monoisotopic (exact) mass is 682 g/mol. The highest BCUT2D eigenvalue weighted by molar-refractivity contribution is 6.34. The summed E-state index contributed by atoms with van der Waals surface area (Å²) in [4.78, 5) is 46.8. The highest BCUT2D eigenvalue weighted by atomic mass is 35.5. The third-order valence-electron chi connectivity index (χ3n) is 8.85. The normalized spacial score (nSPS) is 20.3. The number of carbonyl (C=O) groups is 3. The van der Waals surface area contributed by atoms with Gasteiger partial charge in [-0.1, -0.05) is 11.6 Å². The van der Waals surface area contributed by atoms with Crippen molar-refractivity contribution >= 4 is 47.4 Å². The molecule has 1 aliphatic heterocycles. The zero-order valence-electron chi connectivity index (χ0n) is 25.1. The van der Waals surface area contributed by atoms with Crippen LogP contribution >= 0.6 is 24.0 Å². The first kappa shape index (κ1) is 33.7. The lowest BCUT2D eigenvalue weighted by Gasteiger charge is -2.37. The van der Waals surface area contributed by atoms with Crippen LogP contribution in [0.2, 0.25) is 5.02 Å². The Bertz CT molecular complexity index is 1620. The van der Waals surface area contributed by atoms with Crippen LogP contribution in [0.5, 0.6) is 0 Å². The first-order valence-electron chi connectivity index (χ1n) is 15.0. The second kappa shape index (κ2) is 13.2. The number of alkyl halides is 3. The van der Waals surface area contributed by atoms with E-state index in [1.165, 1.54) is 46.9 Å². The van der Waals surface area contributed by atoms with E-state index in [9.17, 15) is 27.6 Å². The average molecular weight is 684 g/mol. The number of piperazine rings is 1. The Morgan fingerprint density at radius 3 is 2.26 bits per heavy atom. The van der Waals surface area contributed by atoms with Gasteiger partial charge in [-0.25, -0.2) is 4.98 Å². The molecule has 11 nitrogen and oxygen atoms in total. The van der Waals surface area contributed by atoms with Crippen LogP contribution in [0.4, 0.5) is 18.9 Å². The lowest BCUT2D eigenvalue weighted by atomic mass is 9.85. The standard InChI is InChI=1S/C30H34ClF3N8O3.ClH/c1-39-24(22-16-42(20-7-8-20)38-25(22)30(32,33)34)15-36-26(39)27(43)37-19-6-9-21(23(31)14-19)29(45)41-12-10-40(11-13-41)28(44)17-2-4-18(35)5-3-17;/h6,9,14-18,20H,2-5,7-8,10-13,35H2,1H3,(H,37,43);1H. The molecule has 3 N–H and O–H groups in total. The number of carbonyl (C=O) groups excluding carboxylic acids is 3. The lowest BCUT2D eigenvalue weighted by Crippen LogP contribution is -2.52. The quantitative estimate of drug-likeness (QED) is 0.385. The van der Waals surface area contributed by atoms with E-state index in [1.54, 1.807) is 4.90 Å². The number of anilines is 1. The Balaban J connectivity index is 0.00000417. The minimum atomic E-state index is -4.67. The summed E-state index contributed by atoms with van der Waals surface area (Å²) in [7, 11) is 1.46. The van der Waals surface area contributed by atoms with Crippen LogP contribution < -0.4 is 11.1 Å². The highest BCUT2D eigenvalue weighted by Gasteiger charge is 2.40. The van der Waals surface area contributed by atoms with E-state index in [1.807, 2.05) is 4.90 Å². The molecule has 16 heteroatoms. The van der Waals surface area contributed by atoms with Crippen LogP contribution in [0.3, 0.4) is 0 Å². The van der Waals surface area contributed by atoms with Gasteiger partial charge in [0.25, 0.3) is 11.8 Å². The van der Waals surface area contributed by atoms with E-state index >= 15 is 0 Å². The van der Waals surface area contributed by atoms with Gasteiger partial charge >= 0.3 is 6.18 Å². The van der Waals surface area contributed by atoms with Crippen LogP contribution in [0.1, 0.15) is 71.2 Å². The Kier molecular flexibility index (Phi) is 9.71. The summed E-state index contributed by atoms with van der Waals surface area (Å²) >= 11 is 6.46. The van der Waals surface area contributed by atoms with Crippen molar-refractivity contribution in [2.75, 3.05) is 31.5 Å². The molecule has 46 heavy (non-hydrogen) atoms. The number of amides is 3. The van der Waals surface area contributed by atoms with E-state index in [4.69, 9.17) is 17.3 Å². The van der Waals surface area contributed by atoms with Crippen molar-refractivity contribution in [3.05, 3.63) is 52.7 Å². The van der Waals surface area contributed by atoms with Gasteiger partial charge in [0, 0.05) is 57.1 Å². The van der Waals surface area contributed by atoms with Crippen LogP contribution in [0.15, 0.2) is 30.6 Å². The third-order valence-corrected chi connectivity index (χ3v) is 9.16. The van der Waals surface area contributed by atoms with E-state index in [-0.39, 0.29) is 75.6 Å². The molecule has 3 fully saturated rings. The highest BCUT2D eigenvalue weighted by Crippen LogP contribution is 2.41. The van der Waals surface area contributed by atoms with Gasteiger partial charge in [-0.3, -0.25) is 19.1 Å². The number of nitrogens with two attached hydrogens (primary N) is 1. The molecular formula is C30H35Cl2F3N8O3. The number of nitrogens with one attached hydrogen (secondary N) is 1. The van der Waals surface area contributed by atoms with Crippen molar-refractivity contribution in [1.82, 2.24) is 29.1 Å². The molecule has 1 aromatic carbocycles. The summed E-state index contributed by atoms with van der Waals surface area (Å²) in [5, 5.41) is 6.54. The predicted octanol–water partition coefficient (Wildman–Crippen LogP) is 4.77. The molecule has 0 radical (unpaired) electrons. The fourth-order valence-electron chi connectivity index (χ4n) is 6.06. The van der Waals surface area contributed by atoms with Crippen molar-refractivity contribution in [3.8, 4) is 11.3 Å². The van der Waals surface area contributed by atoms with Crippen LogP contribution in [0.25, 0.3) is 11.3 Å². The second-order valence-electron chi connectivity index (χ2n) is 12.0. The van der Waals surface area contributed by atoms with E-state index in [0.717, 1.165) is 38.5 Å². The lowest BCUT2D eigenvalue weighted by molar-refractivity contribution is -0.141. The molecule has 2 aromatic heterocycles. The Hall–Kier alpha value is -3.62. The number of nitrogens with zero attached hydrogens (tertiary/aromatic N) is 6. The molecule has 0 spiro atoms. The topological polar surface area (TPSA) is 131 Å². The molecule has 1 saturated heterocycles. The Morgan fingerprint density at radius 1 is 1.00 bits per heavy atom. The van der Waals surface area contributed by atoms with Gasteiger partial charge < -0.3 is 25.4 Å². The smallest absolute Gasteiger partial charge is 0.339 e.